The van der Waals surface area contributed by atoms with Crippen molar-refractivity contribution in [3.8, 4) is 0 Å². The third-order valence-corrected chi connectivity index (χ3v) is 3.30. The Morgan fingerprint density at radius 3 is 2.72 bits per heavy atom. The van der Waals surface area contributed by atoms with Crippen LogP contribution in [0, 0.1) is 0 Å². The van der Waals surface area contributed by atoms with E-state index in [2.05, 4.69) is 40.5 Å². The van der Waals surface area contributed by atoms with Gasteiger partial charge in [-0.05, 0) is 39.0 Å². The largest absolute Gasteiger partial charge is 0.333 e. The van der Waals surface area contributed by atoms with E-state index in [-0.39, 0.29) is 0 Å². The normalized spacial score (nSPS) is 11.3. The highest BCUT2D eigenvalue weighted by molar-refractivity contribution is 4.97. The number of nitrogens with zero attached hydrogens (tertiary/aromatic N) is 3. The van der Waals surface area contributed by atoms with Crippen LogP contribution in [0.4, 0.5) is 0 Å². The lowest BCUT2D eigenvalue weighted by atomic mass is 10.3. The molecule has 0 aliphatic heterocycles. The summed E-state index contributed by atoms with van der Waals surface area (Å²) >= 11 is 0. The molecule has 1 rings (SSSR count). The molecule has 0 aliphatic carbocycles. The van der Waals surface area contributed by atoms with Gasteiger partial charge < -0.3 is 14.8 Å². The number of imidazole rings is 1. The zero-order chi connectivity index (χ0) is 13.2. The monoisotopic (exact) mass is 252 g/mol. The zero-order valence-electron chi connectivity index (χ0n) is 12.2. The van der Waals surface area contributed by atoms with Gasteiger partial charge in [0.2, 0.25) is 0 Å². The second kappa shape index (κ2) is 9.11. The van der Waals surface area contributed by atoms with Crippen molar-refractivity contribution in [2.75, 3.05) is 26.2 Å². The van der Waals surface area contributed by atoms with Crippen LogP contribution in [0.5, 0.6) is 0 Å². The minimum absolute atomic E-state index is 0.930. The molecule has 0 amide bonds. The van der Waals surface area contributed by atoms with E-state index < -0.39 is 0 Å². The van der Waals surface area contributed by atoms with Gasteiger partial charge in [-0.1, -0.05) is 20.8 Å². The maximum Gasteiger partial charge on any atom is 0.0948 e. The highest BCUT2D eigenvalue weighted by Gasteiger charge is 2.03. The third-order valence-electron chi connectivity index (χ3n) is 3.30. The van der Waals surface area contributed by atoms with Crippen molar-refractivity contribution in [1.29, 1.82) is 0 Å². The second-order valence-corrected chi connectivity index (χ2v) is 4.64. The molecule has 1 aromatic heterocycles. The van der Waals surface area contributed by atoms with Gasteiger partial charge in [0.25, 0.3) is 0 Å². The topological polar surface area (TPSA) is 33.1 Å². The molecule has 0 radical (unpaired) electrons. The predicted octanol–water partition coefficient (Wildman–Crippen LogP) is 2.11. The molecule has 18 heavy (non-hydrogen) atoms. The fourth-order valence-electron chi connectivity index (χ4n) is 2.09. The van der Waals surface area contributed by atoms with E-state index in [0.717, 1.165) is 32.7 Å². The van der Waals surface area contributed by atoms with Crippen LogP contribution in [0.25, 0.3) is 0 Å². The summed E-state index contributed by atoms with van der Waals surface area (Å²) in [4.78, 5) is 6.71. The summed E-state index contributed by atoms with van der Waals surface area (Å²) in [6.45, 7) is 13.2. The Bertz CT molecular complexity index is 304. The van der Waals surface area contributed by atoms with Crippen LogP contribution in [-0.4, -0.2) is 40.6 Å². The van der Waals surface area contributed by atoms with E-state index in [1.807, 2.05) is 12.5 Å². The van der Waals surface area contributed by atoms with E-state index in [0.29, 0.717) is 0 Å². The minimum Gasteiger partial charge on any atom is -0.333 e. The first-order valence-corrected chi connectivity index (χ1v) is 7.23. The summed E-state index contributed by atoms with van der Waals surface area (Å²) in [6, 6.07) is 0. The highest BCUT2D eigenvalue weighted by Crippen LogP contribution is 2.02. The molecule has 4 nitrogen and oxygen atoms in total. The molecular weight excluding hydrogens is 224 g/mol. The molecule has 0 saturated carbocycles. The maximum atomic E-state index is 4.25. The second-order valence-electron chi connectivity index (χ2n) is 4.64. The molecule has 0 unspecified atom stereocenters. The molecule has 0 saturated heterocycles. The van der Waals surface area contributed by atoms with Gasteiger partial charge in [0.05, 0.1) is 12.0 Å². The van der Waals surface area contributed by atoms with Gasteiger partial charge in [-0.3, -0.25) is 0 Å². The van der Waals surface area contributed by atoms with Gasteiger partial charge in [-0.2, -0.15) is 0 Å². The molecular formula is C14H28N4. The number of nitrogens with one attached hydrogen (secondary N) is 1. The van der Waals surface area contributed by atoms with E-state index in [1.54, 1.807) is 0 Å². The zero-order valence-corrected chi connectivity index (χ0v) is 12.2. The van der Waals surface area contributed by atoms with Gasteiger partial charge >= 0.3 is 0 Å². The van der Waals surface area contributed by atoms with Crippen molar-refractivity contribution in [2.45, 2.75) is 46.7 Å². The average Bonchev–Trinajstić information content (AvgIpc) is 2.83. The first-order chi connectivity index (χ1) is 8.81. The van der Waals surface area contributed by atoms with Crippen LogP contribution in [0.1, 0.15) is 39.3 Å². The Hall–Kier alpha value is -0.870. The molecule has 104 valence electrons. The van der Waals surface area contributed by atoms with Crippen LogP contribution in [0.2, 0.25) is 0 Å². The molecule has 1 heterocycles. The smallest absolute Gasteiger partial charge is 0.0948 e. The van der Waals surface area contributed by atoms with Crippen molar-refractivity contribution in [3.05, 3.63) is 18.2 Å². The van der Waals surface area contributed by atoms with Crippen LogP contribution >= 0.6 is 0 Å². The summed E-state index contributed by atoms with van der Waals surface area (Å²) in [7, 11) is 0. The lowest BCUT2D eigenvalue weighted by Crippen LogP contribution is -2.25. The number of hydrogen-bond acceptors (Lipinski definition) is 3. The molecule has 0 aliphatic rings. The lowest BCUT2D eigenvalue weighted by molar-refractivity contribution is 0.292. The first-order valence-electron chi connectivity index (χ1n) is 7.23. The molecule has 4 heteroatoms. The van der Waals surface area contributed by atoms with Crippen molar-refractivity contribution in [3.63, 3.8) is 0 Å². The Balaban J connectivity index is 2.31. The van der Waals surface area contributed by atoms with Crippen LogP contribution in [-0.2, 0) is 13.1 Å². The standard InChI is InChI=1S/C14H28N4/c1-4-8-15-11-14-12-16-13-18(14)10-7-9-17(5-2)6-3/h12-13,15H,4-11H2,1-3H3. The van der Waals surface area contributed by atoms with E-state index in [9.17, 15) is 0 Å². The molecule has 1 N–H and O–H groups in total. The predicted molar refractivity (Wildman–Crippen MR) is 76.6 cm³/mol. The fourth-order valence-corrected chi connectivity index (χ4v) is 2.09. The van der Waals surface area contributed by atoms with Gasteiger partial charge in [-0.15, -0.1) is 0 Å². The maximum absolute atomic E-state index is 4.25. The minimum atomic E-state index is 0.930. The Labute approximate surface area is 111 Å². The molecule has 0 spiro atoms. The molecule has 0 fully saturated rings. The van der Waals surface area contributed by atoms with Gasteiger partial charge in [0.15, 0.2) is 0 Å². The Morgan fingerprint density at radius 1 is 1.28 bits per heavy atom. The molecule has 0 bridgehead atoms. The van der Waals surface area contributed by atoms with Crippen molar-refractivity contribution < 1.29 is 0 Å². The quantitative estimate of drug-likeness (QED) is 0.648. The summed E-state index contributed by atoms with van der Waals surface area (Å²) < 4.78 is 2.27. The number of rotatable bonds is 10. The number of aryl methyl sites for hydroxylation is 1. The van der Waals surface area contributed by atoms with Crippen LogP contribution < -0.4 is 5.32 Å². The Kier molecular flexibility index (Phi) is 7.69. The van der Waals surface area contributed by atoms with Crippen molar-refractivity contribution in [2.24, 2.45) is 0 Å². The van der Waals surface area contributed by atoms with Crippen molar-refractivity contribution in [1.82, 2.24) is 19.8 Å². The van der Waals surface area contributed by atoms with E-state index >= 15 is 0 Å². The molecule has 1 aromatic rings. The van der Waals surface area contributed by atoms with Crippen molar-refractivity contribution >= 4 is 0 Å². The molecule has 0 aromatic carbocycles. The summed E-state index contributed by atoms with van der Waals surface area (Å²) in [5, 5.41) is 3.43. The van der Waals surface area contributed by atoms with E-state index in [1.165, 1.54) is 25.1 Å². The summed E-state index contributed by atoms with van der Waals surface area (Å²) in [6.07, 6.45) is 6.29. The van der Waals surface area contributed by atoms with Gasteiger partial charge in [0.1, 0.15) is 0 Å². The summed E-state index contributed by atoms with van der Waals surface area (Å²) in [5.74, 6) is 0. The number of aromatic nitrogens is 2. The summed E-state index contributed by atoms with van der Waals surface area (Å²) in [5.41, 5.74) is 1.29. The SMILES string of the molecule is CCCNCc1cncn1CCCN(CC)CC. The van der Waals surface area contributed by atoms with Gasteiger partial charge in [0, 0.05) is 19.3 Å². The van der Waals surface area contributed by atoms with Crippen LogP contribution in [0.15, 0.2) is 12.5 Å². The fraction of sp³-hybridized carbons (Fsp3) is 0.786. The lowest BCUT2D eigenvalue weighted by Gasteiger charge is -2.18. The first kappa shape index (κ1) is 15.2. The highest BCUT2D eigenvalue weighted by atomic mass is 15.1. The van der Waals surface area contributed by atoms with Crippen LogP contribution in [0.3, 0.4) is 0 Å². The Morgan fingerprint density at radius 2 is 2.06 bits per heavy atom. The van der Waals surface area contributed by atoms with Gasteiger partial charge in [-0.25, -0.2) is 4.98 Å². The third kappa shape index (κ3) is 5.19. The van der Waals surface area contributed by atoms with E-state index in [4.69, 9.17) is 0 Å². The molecule has 0 atom stereocenters. The average molecular weight is 252 g/mol. The number of hydrogen-bond donors (Lipinski definition) is 1.